The molecule has 0 rings (SSSR count). The molecule has 2 nitrogen and oxygen atoms in total. The number of hydrogen-bond donors (Lipinski definition) is 2. The molecule has 0 saturated carbocycles. The van der Waals surface area contributed by atoms with E-state index >= 15 is 0 Å². The van der Waals surface area contributed by atoms with Crippen LogP contribution in [0.1, 0.15) is 53.4 Å². The van der Waals surface area contributed by atoms with Gasteiger partial charge in [0.2, 0.25) is 0 Å². The first-order valence-electron chi connectivity index (χ1n) is 6.49. The monoisotopic (exact) mass is 215 g/mol. The van der Waals surface area contributed by atoms with E-state index in [0.29, 0.717) is 6.61 Å². The summed E-state index contributed by atoms with van der Waals surface area (Å²) >= 11 is 0. The second kappa shape index (κ2) is 8.12. The first-order chi connectivity index (χ1) is 7.17. The van der Waals surface area contributed by atoms with Gasteiger partial charge in [-0.05, 0) is 25.3 Å². The summed E-state index contributed by atoms with van der Waals surface area (Å²) in [5, 5.41) is 12.9. The first kappa shape index (κ1) is 14.9. The van der Waals surface area contributed by atoms with E-state index in [1.54, 1.807) is 0 Å². The van der Waals surface area contributed by atoms with Gasteiger partial charge in [0.15, 0.2) is 0 Å². The molecule has 0 aromatic rings. The van der Waals surface area contributed by atoms with Crippen molar-refractivity contribution < 1.29 is 5.11 Å². The second-order valence-corrected chi connectivity index (χ2v) is 4.68. The number of rotatable bonds is 9. The highest BCUT2D eigenvalue weighted by Gasteiger charge is 2.24. The molecule has 2 N–H and O–H groups in total. The van der Waals surface area contributed by atoms with Gasteiger partial charge in [-0.2, -0.15) is 0 Å². The van der Waals surface area contributed by atoms with Crippen LogP contribution in [0.2, 0.25) is 0 Å². The lowest BCUT2D eigenvalue weighted by Gasteiger charge is -2.30. The van der Waals surface area contributed by atoms with Gasteiger partial charge in [-0.15, -0.1) is 0 Å². The van der Waals surface area contributed by atoms with Crippen molar-refractivity contribution in [2.45, 2.75) is 53.4 Å². The van der Waals surface area contributed by atoms with Gasteiger partial charge in [-0.25, -0.2) is 0 Å². The lowest BCUT2D eigenvalue weighted by molar-refractivity contribution is 0.112. The third-order valence-electron chi connectivity index (χ3n) is 3.92. The molecule has 0 aliphatic carbocycles. The van der Waals surface area contributed by atoms with E-state index in [2.05, 4.69) is 33.0 Å². The van der Waals surface area contributed by atoms with E-state index in [4.69, 9.17) is 0 Å². The Balaban J connectivity index is 3.89. The summed E-state index contributed by atoms with van der Waals surface area (Å²) in [4.78, 5) is 0. The molecule has 0 bridgehead atoms. The van der Waals surface area contributed by atoms with E-state index in [1.807, 2.05) is 0 Å². The summed E-state index contributed by atoms with van der Waals surface area (Å²) in [5.74, 6) is 0.787. The quantitative estimate of drug-likeness (QED) is 0.620. The molecule has 0 radical (unpaired) electrons. The predicted molar refractivity (Wildman–Crippen MR) is 67.0 cm³/mol. The molecule has 0 amide bonds. The molecule has 0 unspecified atom stereocenters. The lowest BCUT2D eigenvalue weighted by atomic mass is 9.83. The maximum Gasteiger partial charge on any atom is 0.0499 e. The van der Waals surface area contributed by atoms with E-state index in [-0.39, 0.29) is 5.41 Å². The average Bonchev–Trinajstić information content (AvgIpc) is 2.31. The fourth-order valence-electron chi connectivity index (χ4n) is 1.90. The van der Waals surface area contributed by atoms with Crippen LogP contribution >= 0.6 is 0 Å². The molecule has 0 aliphatic heterocycles. The lowest BCUT2D eigenvalue weighted by Crippen LogP contribution is -2.38. The third-order valence-corrected chi connectivity index (χ3v) is 3.92. The number of aliphatic hydroxyl groups is 1. The topological polar surface area (TPSA) is 32.3 Å². The molecule has 0 fully saturated rings. The second-order valence-electron chi connectivity index (χ2n) is 4.68. The van der Waals surface area contributed by atoms with Gasteiger partial charge >= 0.3 is 0 Å². The van der Waals surface area contributed by atoms with Crippen molar-refractivity contribution in [1.82, 2.24) is 5.32 Å². The molecule has 0 atom stereocenters. The Bertz CT molecular complexity index is 131. The van der Waals surface area contributed by atoms with Crippen LogP contribution in [0.15, 0.2) is 0 Å². The highest BCUT2D eigenvalue weighted by atomic mass is 16.3. The Morgan fingerprint density at radius 1 is 1.07 bits per heavy atom. The SMILES string of the molecule is CCC(CC)CNCC(CC)(CC)CO. The van der Waals surface area contributed by atoms with Crippen LogP contribution in [0.4, 0.5) is 0 Å². The van der Waals surface area contributed by atoms with E-state index in [0.717, 1.165) is 31.8 Å². The largest absolute Gasteiger partial charge is 0.396 e. The Morgan fingerprint density at radius 3 is 1.93 bits per heavy atom. The van der Waals surface area contributed by atoms with Gasteiger partial charge in [-0.3, -0.25) is 0 Å². The minimum atomic E-state index is 0.103. The zero-order valence-electron chi connectivity index (χ0n) is 11.0. The molecule has 0 aromatic heterocycles. The van der Waals surface area contributed by atoms with Crippen molar-refractivity contribution in [1.29, 1.82) is 0 Å². The van der Waals surface area contributed by atoms with Crippen molar-refractivity contribution >= 4 is 0 Å². The molecule has 92 valence electrons. The van der Waals surface area contributed by atoms with Gasteiger partial charge in [0.25, 0.3) is 0 Å². The van der Waals surface area contributed by atoms with E-state index in [1.165, 1.54) is 12.8 Å². The van der Waals surface area contributed by atoms with Crippen LogP contribution in [0.25, 0.3) is 0 Å². The summed E-state index contributed by atoms with van der Waals surface area (Å²) in [7, 11) is 0. The van der Waals surface area contributed by atoms with Gasteiger partial charge in [0.05, 0.1) is 0 Å². The van der Waals surface area contributed by atoms with Gasteiger partial charge in [0.1, 0.15) is 0 Å². The highest BCUT2D eigenvalue weighted by molar-refractivity contribution is 4.78. The summed E-state index contributed by atoms with van der Waals surface area (Å²) in [5.41, 5.74) is 0.103. The third kappa shape index (κ3) is 4.98. The molecular formula is C13H29NO. The minimum Gasteiger partial charge on any atom is -0.396 e. The van der Waals surface area contributed by atoms with Crippen molar-refractivity contribution in [3.05, 3.63) is 0 Å². The molecule has 0 spiro atoms. The maximum atomic E-state index is 9.42. The molecule has 0 aromatic carbocycles. The number of hydrogen-bond acceptors (Lipinski definition) is 2. The van der Waals surface area contributed by atoms with E-state index < -0.39 is 0 Å². The summed E-state index contributed by atoms with van der Waals surface area (Å²) in [6, 6.07) is 0. The zero-order valence-corrected chi connectivity index (χ0v) is 11.0. The van der Waals surface area contributed by atoms with E-state index in [9.17, 15) is 5.11 Å². The first-order valence-corrected chi connectivity index (χ1v) is 6.49. The van der Waals surface area contributed by atoms with Crippen molar-refractivity contribution in [2.24, 2.45) is 11.3 Å². The van der Waals surface area contributed by atoms with Crippen molar-refractivity contribution in [2.75, 3.05) is 19.7 Å². The Labute approximate surface area is 95.5 Å². The van der Waals surface area contributed by atoms with Crippen LogP contribution in [-0.2, 0) is 0 Å². The number of nitrogens with one attached hydrogen (secondary N) is 1. The van der Waals surface area contributed by atoms with Crippen LogP contribution < -0.4 is 5.32 Å². The molecule has 0 saturated heterocycles. The standard InChI is InChI=1S/C13H29NO/c1-5-12(6-2)9-14-10-13(7-3,8-4)11-15/h12,14-15H,5-11H2,1-4H3. The highest BCUT2D eigenvalue weighted by Crippen LogP contribution is 2.24. The molecular weight excluding hydrogens is 186 g/mol. The number of aliphatic hydroxyl groups excluding tert-OH is 1. The van der Waals surface area contributed by atoms with Gasteiger partial charge in [0, 0.05) is 18.6 Å². The zero-order chi connectivity index (χ0) is 11.7. The molecule has 15 heavy (non-hydrogen) atoms. The normalized spacial score (nSPS) is 12.4. The van der Waals surface area contributed by atoms with Crippen LogP contribution in [0.5, 0.6) is 0 Å². The van der Waals surface area contributed by atoms with Crippen LogP contribution in [-0.4, -0.2) is 24.8 Å². The maximum absolute atomic E-state index is 9.42. The smallest absolute Gasteiger partial charge is 0.0499 e. The summed E-state index contributed by atoms with van der Waals surface area (Å²) < 4.78 is 0. The van der Waals surface area contributed by atoms with Crippen molar-refractivity contribution in [3.8, 4) is 0 Å². The molecule has 0 aliphatic rings. The fourth-order valence-corrected chi connectivity index (χ4v) is 1.90. The van der Waals surface area contributed by atoms with Crippen LogP contribution in [0.3, 0.4) is 0 Å². The van der Waals surface area contributed by atoms with Gasteiger partial charge in [-0.1, -0.05) is 40.5 Å². The fraction of sp³-hybridized carbons (Fsp3) is 1.00. The molecule has 2 heteroatoms. The van der Waals surface area contributed by atoms with Crippen molar-refractivity contribution in [3.63, 3.8) is 0 Å². The molecule has 0 heterocycles. The minimum absolute atomic E-state index is 0.103. The Hall–Kier alpha value is -0.0800. The Kier molecular flexibility index (Phi) is 8.07. The predicted octanol–water partition coefficient (Wildman–Crippen LogP) is 2.81. The van der Waals surface area contributed by atoms with Gasteiger partial charge < -0.3 is 10.4 Å². The average molecular weight is 215 g/mol. The summed E-state index contributed by atoms with van der Waals surface area (Å²) in [6.45, 7) is 11.2. The Morgan fingerprint density at radius 2 is 1.60 bits per heavy atom. The van der Waals surface area contributed by atoms with Crippen LogP contribution in [0, 0.1) is 11.3 Å². The summed E-state index contributed by atoms with van der Waals surface area (Å²) in [6.07, 6.45) is 4.59.